The molecule has 2 aromatic rings. The molecule has 0 saturated carbocycles. The Morgan fingerprint density at radius 1 is 1.00 bits per heavy atom. The number of nitrogens with zero attached hydrogens (tertiary/aromatic N) is 3. The number of unbranched alkanes of at least 4 members (excludes halogenated alkanes) is 4. The van der Waals surface area contributed by atoms with Crippen molar-refractivity contribution in [2.75, 3.05) is 6.61 Å². The summed E-state index contributed by atoms with van der Waals surface area (Å²) in [4.78, 5) is 37.1. The van der Waals surface area contributed by atoms with Crippen LogP contribution in [0.25, 0.3) is 0 Å². The van der Waals surface area contributed by atoms with Gasteiger partial charge in [-0.15, -0.1) is 0 Å². The number of aromatic nitrogens is 3. The van der Waals surface area contributed by atoms with Gasteiger partial charge in [-0.25, -0.2) is 14.3 Å². The van der Waals surface area contributed by atoms with Gasteiger partial charge in [-0.05, 0) is 73.7 Å². The van der Waals surface area contributed by atoms with Crippen LogP contribution >= 0.6 is 15.9 Å². The second kappa shape index (κ2) is 13.5. The number of ether oxygens (including phenoxy) is 2. The molecule has 1 aromatic carbocycles. The van der Waals surface area contributed by atoms with Crippen molar-refractivity contribution < 1.29 is 14.3 Å². The second-order valence-electron chi connectivity index (χ2n) is 8.75. The molecule has 1 heterocycles. The fourth-order valence-corrected chi connectivity index (χ4v) is 3.95. The first-order valence-electron chi connectivity index (χ1n) is 12.0. The third kappa shape index (κ3) is 8.11. The number of benzene rings is 1. The van der Waals surface area contributed by atoms with Crippen molar-refractivity contribution >= 4 is 21.9 Å². The zero-order valence-electron chi connectivity index (χ0n) is 20.6. The maximum Gasteiger partial charge on any atom is 0.349 e. The van der Waals surface area contributed by atoms with E-state index in [-0.39, 0.29) is 15.9 Å². The third-order valence-corrected chi connectivity index (χ3v) is 5.96. The Labute approximate surface area is 209 Å². The van der Waals surface area contributed by atoms with Gasteiger partial charge in [0.15, 0.2) is 10.2 Å². The van der Waals surface area contributed by atoms with E-state index in [1.54, 1.807) is 20.8 Å². The highest BCUT2D eigenvalue weighted by atomic mass is 79.9. The molecule has 0 spiro atoms. The highest BCUT2D eigenvalue weighted by molar-refractivity contribution is 9.10. The minimum atomic E-state index is -1.07. The molecule has 0 saturated heterocycles. The van der Waals surface area contributed by atoms with E-state index in [1.807, 2.05) is 24.3 Å². The normalized spacial score (nSPS) is 11.4. The standard InChI is InChI=1S/C25H36BrN3O5/c1-5-7-8-9-10-17-28-22(30)21(26)27-29(24(28)32)18-11-12-19-13-15-20(16-14-19)34-25(3,4)23(31)33-6-2/h13-16H,5-12,17-18H2,1-4H3. The van der Waals surface area contributed by atoms with Crippen molar-refractivity contribution in [1.29, 1.82) is 0 Å². The number of hydrogen-bond donors (Lipinski definition) is 0. The highest BCUT2D eigenvalue weighted by Gasteiger charge is 2.31. The Morgan fingerprint density at radius 3 is 2.32 bits per heavy atom. The van der Waals surface area contributed by atoms with Crippen LogP contribution in [0.3, 0.4) is 0 Å². The van der Waals surface area contributed by atoms with Gasteiger partial charge >= 0.3 is 11.7 Å². The lowest BCUT2D eigenvalue weighted by Gasteiger charge is -2.24. The number of halogens is 1. The number of aryl methyl sites for hydroxylation is 2. The number of hydrogen-bond acceptors (Lipinski definition) is 6. The van der Waals surface area contributed by atoms with Crippen molar-refractivity contribution in [3.05, 3.63) is 55.3 Å². The molecular formula is C25H36BrN3O5. The number of carbonyl (C=O) groups excluding carboxylic acids is 1. The van der Waals surface area contributed by atoms with Crippen LogP contribution in [0.4, 0.5) is 0 Å². The van der Waals surface area contributed by atoms with E-state index < -0.39 is 11.6 Å². The fourth-order valence-electron chi connectivity index (χ4n) is 3.54. The topological polar surface area (TPSA) is 92.4 Å². The SMILES string of the molecule is CCCCCCCn1c(=O)c(Br)nn(CCCc2ccc(OC(C)(C)C(=O)OCC)cc2)c1=O. The maximum absolute atomic E-state index is 12.8. The average Bonchev–Trinajstić information content (AvgIpc) is 2.80. The number of esters is 1. The monoisotopic (exact) mass is 537 g/mol. The van der Waals surface area contributed by atoms with Gasteiger partial charge in [0.1, 0.15) is 5.75 Å². The van der Waals surface area contributed by atoms with Crippen LogP contribution in [-0.4, -0.2) is 32.5 Å². The van der Waals surface area contributed by atoms with E-state index in [2.05, 4.69) is 28.0 Å². The maximum atomic E-state index is 12.8. The minimum absolute atomic E-state index is 0.159. The van der Waals surface area contributed by atoms with E-state index in [0.29, 0.717) is 31.9 Å². The second-order valence-corrected chi connectivity index (χ2v) is 9.50. The Morgan fingerprint density at radius 2 is 1.68 bits per heavy atom. The lowest BCUT2D eigenvalue weighted by Crippen LogP contribution is -2.42. The molecule has 0 radical (unpaired) electrons. The van der Waals surface area contributed by atoms with Crippen LogP contribution in [-0.2, 0) is 29.0 Å². The summed E-state index contributed by atoms with van der Waals surface area (Å²) >= 11 is 3.20. The van der Waals surface area contributed by atoms with Crippen LogP contribution < -0.4 is 16.0 Å². The van der Waals surface area contributed by atoms with Crippen molar-refractivity contribution in [3.63, 3.8) is 0 Å². The molecule has 0 aliphatic carbocycles. The van der Waals surface area contributed by atoms with Crippen LogP contribution in [0.1, 0.15) is 71.8 Å². The smallest absolute Gasteiger partial charge is 0.349 e. The van der Waals surface area contributed by atoms with Crippen LogP contribution in [0.15, 0.2) is 38.5 Å². The minimum Gasteiger partial charge on any atom is -0.476 e. The van der Waals surface area contributed by atoms with Gasteiger partial charge in [0, 0.05) is 13.1 Å². The summed E-state index contributed by atoms with van der Waals surface area (Å²) in [6, 6.07) is 7.49. The molecule has 0 aliphatic rings. The van der Waals surface area contributed by atoms with E-state index in [1.165, 1.54) is 9.25 Å². The molecule has 34 heavy (non-hydrogen) atoms. The Balaban J connectivity index is 1.95. The molecule has 0 atom stereocenters. The molecule has 9 heteroatoms. The van der Waals surface area contributed by atoms with Gasteiger partial charge in [-0.3, -0.25) is 9.36 Å². The molecule has 0 amide bonds. The van der Waals surface area contributed by atoms with E-state index in [4.69, 9.17) is 9.47 Å². The van der Waals surface area contributed by atoms with Crippen molar-refractivity contribution in [3.8, 4) is 5.75 Å². The highest BCUT2D eigenvalue weighted by Crippen LogP contribution is 2.21. The molecule has 0 unspecified atom stereocenters. The van der Waals surface area contributed by atoms with E-state index in [9.17, 15) is 14.4 Å². The summed E-state index contributed by atoms with van der Waals surface area (Å²) in [5.41, 5.74) is -0.749. The first-order chi connectivity index (χ1) is 16.2. The van der Waals surface area contributed by atoms with Crippen molar-refractivity contribution in [1.82, 2.24) is 14.3 Å². The summed E-state index contributed by atoms with van der Waals surface area (Å²) in [7, 11) is 0. The molecule has 0 bridgehead atoms. The van der Waals surface area contributed by atoms with Gasteiger partial charge in [0.2, 0.25) is 0 Å². The Hall–Kier alpha value is -2.42. The fraction of sp³-hybridized carbons (Fsp3) is 0.600. The predicted octanol–water partition coefficient (Wildman–Crippen LogP) is 4.49. The molecular weight excluding hydrogens is 502 g/mol. The average molecular weight is 538 g/mol. The molecule has 2 rings (SSSR count). The Bertz CT molecular complexity index is 1040. The van der Waals surface area contributed by atoms with Crippen molar-refractivity contribution in [2.45, 2.75) is 91.3 Å². The first kappa shape index (κ1) is 27.8. The lowest BCUT2D eigenvalue weighted by molar-refractivity contribution is -0.158. The van der Waals surface area contributed by atoms with Gasteiger partial charge in [0.25, 0.3) is 5.56 Å². The van der Waals surface area contributed by atoms with Gasteiger partial charge in [-0.2, -0.15) is 5.10 Å². The lowest BCUT2D eigenvalue weighted by atomic mass is 10.1. The number of carbonyl (C=O) groups is 1. The quantitative estimate of drug-likeness (QED) is 0.260. The largest absolute Gasteiger partial charge is 0.476 e. The molecule has 0 aliphatic heterocycles. The van der Waals surface area contributed by atoms with Crippen molar-refractivity contribution in [2.24, 2.45) is 0 Å². The summed E-state index contributed by atoms with van der Waals surface area (Å²) in [5.74, 6) is 0.167. The summed E-state index contributed by atoms with van der Waals surface area (Å²) in [5, 5.41) is 4.13. The summed E-state index contributed by atoms with van der Waals surface area (Å²) in [6.45, 7) is 8.37. The third-order valence-electron chi connectivity index (χ3n) is 5.47. The van der Waals surface area contributed by atoms with Crippen LogP contribution in [0.2, 0.25) is 0 Å². The zero-order valence-corrected chi connectivity index (χ0v) is 22.2. The number of rotatable bonds is 14. The van der Waals surface area contributed by atoms with E-state index >= 15 is 0 Å². The van der Waals surface area contributed by atoms with Crippen LogP contribution in [0, 0.1) is 0 Å². The summed E-state index contributed by atoms with van der Waals surface area (Å²) in [6.07, 6.45) is 6.62. The van der Waals surface area contributed by atoms with Gasteiger partial charge in [0.05, 0.1) is 6.61 Å². The zero-order chi connectivity index (χ0) is 25.1. The predicted molar refractivity (Wildman–Crippen MR) is 135 cm³/mol. The molecule has 0 fully saturated rings. The Kier molecular flexibility index (Phi) is 11.0. The first-order valence-corrected chi connectivity index (χ1v) is 12.8. The van der Waals surface area contributed by atoms with Gasteiger partial charge < -0.3 is 9.47 Å². The van der Waals surface area contributed by atoms with Gasteiger partial charge in [-0.1, -0.05) is 44.7 Å². The van der Waals surface area contributed by atoms with Crippen LogP contribution in [0.5, 0.6) is 5.75 Å². The molecule has 1 aromatic heterocycles. The molecule has 8 nitrogen and oxygen atoms in total. The summed E-state index contributed by atoms with van der Waals surface area (Å²) < 4.78 is 13.6. The molecule has 0 N–H and O–H groups in total. The van der Waals surface area contributed by atoms with E-state index in [0.717, 1.165) is 44.1 Å². The molecule has 188 valence electrons.